The first kappa shape index (κ1) is 29.7. The Morgan fingerprint density at radius 3 is 2.42 bits per heavy atom. The second kappa shape index (κ2) is 12.8. The van der Waals surface area contributed by atoms with Gasteiger partial charge in [-0.3, -0.25) is 9.69 Å². The number of carboxylic acid groups (broad SMARTS) is 1. The van der Waals surface area contributed by atoms with Gasteiger partial charge in [0.2, 0.25) is 5.91 Å². The van der Waals surface area contributed by atoms with Crippen LogP contribution in [0.15, 0.2) is 64.0 Å². The third kappa shape index (κ3) is 6.95. The lowest BCUT2D eigenvalue weighted by atomic mass is 10.1. The second-order valence-electron chi connectivity index (χ2n) is 7.78. The van der Waals surface area contributed by atoms with Crippen molar-refractivity contribution in [3.8, 4) is 5.75 Å². The number of methoxy groups -OCH3 is 1. The molecule has 0 saturated carbocycles. The number of thioether (sulfide) groups is 2. The number of hydrogen-bond donors (Lipinski definition) is 2. The number of hydrogen-bond acceptors (Lipinski definition) is 8. The molecule has 0 spiro atoms. The van der Waals surface area contributed by atoms with Gasteiger partial charge < -0.3 is 20.3 Å². The van der Waals surface area contributed by atoms with Gasteiger partial charge in [-0.15, -0.1) is 23.4 Å². The second-order valence-corrected chi connectivity index (χ2v) is 10.3. The average Bonchev–Trinajstić information content (AvgIpc) is 2.91. The van der Waals surface area contributed by atoms with Gasteiger partial charge in [0.05, 0.1) is 7.11 Å². The molecule has 2 aliphatic rings. The van der Waals surface area contributed by atoms with Crippen molar-refractivity contribution in [1.82, 2.24) is 4.90 Å². The van der Waals surface area contributed by atoms with Crippen molar-refractivity contribution >= 4 is 53.0 Å². The summed E-state index contributed by atoms with van der Waals surface area (Å²) in [4.78, 5) is 37.7. The van der Waals surface area contributed by atoms with Crippen LogP contribution in [0.5, 0.6) is 5.75 Å². The smallest absolute Gasteiger partial charge is 0.490 e. The van der Waals surface area contributed by atoms with Crippen LogP contribution in [0.4, 0.5) is 13.2 Å². The summed E-state index contributed by atoms with van der Waals surface area (Å²) in [6, 6.07) is 14.4. The molecule has 2 atom stereocenters. The van der Waals surface area contributed by atoms with E-state index in [9.17, 15) is 22.8 Å². The van der Waals surface area contributed by atoms with Crippen molar-refractivity contribution in [2.24, 2.45) is 5.73 Å². The number of halogens is 4. The van der Waals surface area contributed by atoms with Gasteiger partial charge in [0.15, 0.2) is 0 Å². The fourth-order valence-corrected chi connectivity index (χ4v) is 6.20. The Morgan fingerprint density at radius 1 is 1.21 bits per heavy atom. The molecule has 0 radical (unpaired) electrons. The van der Waals surface area contributed by atoms with Crippen molar-refractivity contribution in [2.45, 2.75) is 35.0 Å². The molecule has 3 N–H and O–H groups in total. The molecule has 0 unspecified atom stereocenters. The molecule has 1 fully saturated rings. The normalized spacial score (nSPS) is 18.6. The summed E-state index contributed by atoms with van der Waals surface area (Å²) in [7, 11) is 1.59. The summed E-state index contributed by atoms with van der Waals surface area (Å²) in [6.07, 6.45) is -5.08. The fourth-order valence-electron chi connectivity index (χ4n) is 3.34. The molecule has 1 amide bonds. The predicted molar refractivity (Wildman–Crippen MR) is 136 cm³/mol. The maximum atomic E-state index is 13.1. The van der Waals surface area contributed by atoms with Crippen molar-refractivity contribution in [1.29, 1.82) is 0 Å². The SMILES string of the molecule is COc1ccc(COC(=O)C2=C(Sc3ccccc3CCl)CS[C@@H]3[C@H](N)C(=O)N23)cc1.O=C(O)C(F)(F)F. The molecule has 2 aromatic rings. The van der Waals surface area contributed by atoms with Gasteiger partial charge >= 0.3 is 18.1 Å². The zero-order valence-corrected chi connectivity index (χ0v) is 22.1. The molecular formula is C24H22ClF3N2O6S2. The number of alkyl halides is 4. The minimum atomic E-state index is -5.08. The largest absolute Gasteiger partial charge is 0.497 e. The van der Waals surface area contributed by atoms with Crippen LogP contribution in [0.2, 0.25) is 0 Å². The number of amides is 1. The summed E-state index contributed by atoms with van der Waals surface area (Å²) < 4.78 is 42.5. The quantitative estimate of drug-likeness (QED) is 0.275. The van der Waals surface area contributed by atoms with Gasteiger partial charge in [-0.25, -0.2) is 9.59 Å². The molecule has 0 aliphatic carbocycles. The number of β-lactam (4-membered cyclic amide) rings is 1. The molecule has 0 bridgehead atoms. The maximum absolute atomic E-state index is 13.1. The minimum Gasteiger partial charge on any atom is -0.497 e. The maximum Gasteiger partial charge on any atom is 0.490 e. The van der Waals surface area contributed by atoms with E-state index in [4.69, 9.17) is 36.7 Å². The number of aliphatic carboxylic acids is 1. The van der Waals surface area contributed by atoms with E-state index in [2.05, 4.69) is 0 Å². The predicted octanol–water partition coefficient (Wildman–Crippen LogP) is 4.36. The number of carbonyl (C=O) groups is 3. The third-order valence-electron chi connectivity index (χ3n) is 5.29. The van der Waals surface area contributed by atoms with E-state index < -0.39 is 24.2 Å². The number of ether oxygens (including phenoxy) is 2. The third-order valence-corrected chi connectivity index (χ3v) is 8.26. The number of benzene rings is 2. The molecule has 204 valence electrons. The summed E-state index contributed by atoms with van der Waals surface area (Å²) in [5.41, 5.74) is 8.02. The lowest BCUT2D eigenvalue weighted by molar-refractivity contribution is -0.192. The Balaban J connectivity index is 0.000000505. The van der Waals surface area contributed by atoms with E-state index in [1.54, 1.807) is 31.0 Å². The van der Waals surface area contributed by atoms with E-state index >= 15 is 0 Å². The number of nitrogens with two attached hydrogens (primary N) is 1. The number of fused-ring (bicyclic) bond motifs is 1. The van der Waals surface area contributed by atoms with Crippen LogP contribution in [-0.4, -0.2) is 58.3 Å². The number of carbonyl (C=O) groups excluding carboxylic acids is 2. The van der Waals surface area contributed by atoms with Gasteiger partial charge in [0.1, 0.15) is 29.5 Å². The van der Waals surface area contributed by atoms with Crippen LogP contribution in [0.25, 0.3) is 0 Å². The molecule has 8 nitrogen and oxygen atoms in total. The standard InChI is InChI=1S/C22H21ClN2O4S2.C2HF3O2/c1-28-15-8-6-13(7-9-15)11-29-22(27)19-17(12-30-21-18(24)20(26)25(19)21)31-16-5-3-2-4-14(16)10-23;3-2(4,5)1(6)7/h2-9,18,21H,10-12,24H2,1H3;(H,6,7)/t18-,21-;/m1./s1. The first-order valence-corrected chi connectivity index (χ1v) is 13.2. The molecule has 38 heavy (non-hydrogen) atoms. The van der Waals surface area contributed by atoms with Crippen molar-refractivity contribution in [3.63, 3.8) is 0 Å². The zero-order valence-electron chi connectivity index (χ0n) is 19.7. The molecule has 14 heteroatoms. The summed E-state index contributed by atoms with van der Waals surface area (Å²) in [5.74, 6) is -1.91. The summed E-state index contributed by atoms with van der Waals surface area (Å²) >= 11 is 9.07. The molecule has 4 rings (SSSR count). The molecule has 1 saturated heterocycles. The Hall–Kier alpha value is -2.87. The molecule has 2 aliphatic heterocycles. The minimum absolute atomic E-state index is 0.0917. The van der Waals surface area contributed by atoms with Gasteiger partial charge in [-0.05, 0) is 29.3 Å². The highest BCUT2D eigenvalue weighted by atomic mass is 35.5. The Kier molecular flexibility index (Phi) is 9.99. The van der Waals surface area contributed by atoms with Gasteiger partial charge in [-0.1, -0.05) is 42.1 Å². The Labute approximate surface area is 229 Å². The van der Waals surface area contributed by atoms with Crippen molar-refractivity contribution in [2.75, 3.05) is 12.9 Å². The van der Waals surface area contributed by atoms with E-state index in [1.807, 2.05) is 36.4 Å². The van der Waals surface area contributed by atoms with Crippen LogP contribution in [0.3, 0.4) is 0 Å². The van der Waals surface area contributed by atoms with E-state index in [0.717, 1.165) is 26.7 Å². The monoisotopic (exact) mass is 590 g/mol. The topological polar surface area (TPSA) is 119 Å². The van der Waals surface area contributed by atoms with E-state index in [1.165, 1.54) is 16.7 Å². The molecule has 2 heterocycles. The lowest BCUT2D eigenvalue weighted by Crippen LogP contribution is -2.68. The van der Waals surface area contributed by atoms with Crippen LogP contribution in [0, 0.1) is 0 Å². The summed E-state index contributed by atoms with van der Waals surface area (Å²) in [6.45, 7) is 0.0917. The highest BCUT2D eigenvalue weighted by Crippen LogP contribution is 2.45. The highest BCUT2D eigenvalue weighted by molar-refractivity contribution is 8.06. The summed E-state index contributed by atoms with van der Waals surface area (Å²) in [5, 5.41) is 6.88. The van der Waals surface area contributed by atoms with Gasteiger partial charge in [-0.2, -0.15) is 13.2 Å². The lowest BCUT2D eigenvalue weighted by Gasteiger charge is -2.48. The van der Waals surface area contributed by atoms with Gasteiger partial charge in [0.25, 0.3) is 0 Å². The molecule has 2 aromatic carbocycles. The fraction of sp³-hybridized carbons (Fsp3) is 0.292. The van der Waals surface area contributed by atoms with E-state index in [-0.39, 0.29) is 23.6 Å². The number of carboxylic acids is 1. The van der Waals surface area contributed by atoms with Crippen LogP contribution in [-0.2, 0) is 31.6 Å². The van der Waals surface area contributed by atoms with Crippen LogP contribution in [0.1, 0.15) is 11.1 Å². The first-order valence-electron chi connectivity index (χ1n) is 10.8. The van der Waals surface area contributed by atoms with E-state index in [0.29, 0.717) is 11.6 Å². The van der Waals surface area contributed by atoms with Gasteiger partial charge in [0, 0.05) is 21.4 Å². The van der Waals surface area contributed by atoms with Crippen LogP contribution < -0.4 is 10.5 Å². The zero-order chi connectivity index (χ0) is 28.0. The van der Waals surface area contributed by atoms with Crippen molar-refractivity contribution < 1.29 is 42.1 Å². The molecule has 0 aromatic heterocycles. The van der Waals surface area contributed by atoms with Crippen LogP contribution >= 0.6 is 35.1 Å². The number of nitrogens with zero attached hydrogens (tertiary/aromatic N) is 1. The highest BCUT2D eigenvalue weighted by Gasteiger charge is 2.52. The number of rotatable bonds is 7. The average molecular weight is 591 g/mol. The Morgan fingerprint density at radius 2 is 1.84 bits per heavy atom. The molecular weight excluding hydrogens is 569 g/mol. The van der Waals surface area contributed by atoms with Crippen molar-refractivity contribution in [3.05, 3.63) is 70.3 Å². The Bertz CT molecular complexity index is 1230. The first-order chi connectivity index (χ1) is 18.0. The number of esters is 1.